The molecule has 0 saturated carbocycles. The lowest BCUT2D eigenvalue weighted by Gasteiger charge is -1.93. The van der Waals surface area contributed by atoms with Crippen LogP contribution in [0.15, 0.2) is 16.8 Å². The highest BCUT2D eigenvalue weighted by atomic mass is 14.9. The van der Waals surface area contributed by atoms with E-state index in [1.54, 1.807) is 0 Å². The molecule has 0 aromatic rings. The highest BCUT2D eigenvalue weighted by molar-refractivity contribution is 5.93. The SMILES string of the molecule is CC1=CC(C)=NCC[N]1. The number of hydrogen-bond acceptors (Lipinski definition) is 1. The smallest absolute Gasteiger partial charge is 0.0588 e. The van der Waals surface area contributed by atoms with Crippen LogP contribution in [-0.4, -0.2) is 18.8 Å². The van der Waals surface area contributed by atoms with Crippen LogP contribution in [0.25, 0.3) is 0 Å². The maximum atomic E-state index is 4.22. The minimum Gasteiger partial charge on any atom is -0.288 e. The van der Waals surface area contributed by atoms with Gasteiger partial charge in [0.1, 0.15) is 0 Å². The molecule has 9 heavy (non-hydrogen) atoms. The maximum absolute atomic E-state index is 4.22. The number of nitrogens with zero attached hydrogens (tertiary/aromatic N) is 2. The predicted octanol–water partition coefficient (Wildman–Crippen LogP) is 0.969. The maximum Gasteiger partial charge on any atom is 0.0588 e. The van der Waals surface area contributed by atoms with Gasteiger partial charge in [0.25, 0.3) is 0 Å². The minimum atomic E-state index is 0.847. The van der Waals surface area contributed by atoms with Gasteiger partial charge in [-0.3, -0.25) is 10.3 Å². The molecular weight excluding hydrogens is 112 g/mol. The van der Waals surface area contributed by atoms with E-state index in [2.05, 4.69) is 10.3 Å². The standard InChI is InChI=1S/C7H11N2/c1-6-5-7(2)9-4-3-8-6/h5H,3-4H2,1-2H3. The summed E-state index contributed by atoms with van der Waals surface area (Å²) in [5, 5.41) is 4.22. The second-order valence-corrected chi connectivity index (χ2v) is 2.19. The van der Waals surface area contributed by atoms with Crippen LogP contribution in [0.4, 0.5) is 0 Å². The van der Waals surface area contributed by atoms with E-state index in [-0.39, 0.29) is 0 Å². The van der Waals surface area contributed by atoms with E-state index in [4.69, 9.17) is 0 Å². The van der Waals surface area contributed by atoms with E-state index < -0.39 is 0 Å². The summed E-state index contributed by atoms with van der Waals surface area (Å²) in [5.74, 6) is 0. The zero-order valence-electron chi connectivity index (χ0n) is 5.89. The van der Waals surface area contributed by atoms with Crippen molar-refractivity contribution < 1.29 is 0 Å². The normalized spacial score (nSPS) is 19.3. The van der Waals surface area contributed by atoms with Crippen LogP contribution in [0.2, 0.25) is 0 Å². The highest BCUT2D eigenvalue weighted by Gasteiger charge is 1.95. The molecule has 0 aliphatic carbocycles. The molecule has 0 aromatic carbocycles. The molecule has 0 fully saturated rings. The molecule has 1 aliphatic heterocycles. The van der Waals surface area contributed by atoms with Crippen LogP contribution >= 0.6 is 0 Å². The van der Waals surface area contributed by atoms with Crippen molar-refractivity contribution >= 4 is 5.71 Å². The van der Waals surface area contributed by atoms with Gasteiger partial charge in [-0.15, -0.1) is 0 Å². The van der Waals surface area contributed by atoms with E-state index in [9.17, 15) is 0 Å². The Morgan fingerprint density at radius 2 is 2.11 bits per heavy atom. The fourth-order valence-corrected chi connectivity index (χ4v) is 0.846. The molecule has 0 bridgehead atoms. The highest BCUT2D eigenvalue weighted by Crippen LogP contribution is 1.94. The largest absolute Gasteiger partial charge is 0.288 e. The van der Waals surface area contributed by atoms with Crippen molar-refractivity contribution in [3.05, 3.63) is 11.8 Å². The van der Waals surface area contributed by atoms with Crippen molar-refractivity contribution in [2.24, 2.45) is 4.99 Å². The third-order valence-corrected chi connectivity index (χ3v) is 1.24. The van der Waals surface area contributed by atoms with Gasteiger partial charge in [0, 0.05) is 11.4 Å². The second kappa shape index (κ2) is 2.67. The molecule has 0 aromatic heterocycles. The van der Waals surface area contributed by atoms with Gasteiger partial charge >= 0.3 is 0 Å². The summed E-state index contributed by atoms with van der Waals surface area (Å²) in [4.78, 5) is 4.22. The predicted molar refractivity (Wildman–Crippen MR) is 38.7 cm³/mol. The Hall–Kier alpha value is -0.790. The first kappa shape index (κ1) is 6.33. The zero-order chi connectivity index (χ0) is 6.69. The molecule has 0 N–H and O–H groups in total. The molecular formula is C7H11N2. The van der Waals surface area contributed by atoms with Gasteiger partial charge in [-0.2, -0.15) is 0 Å². The summed E-state index contributed by atoms with van der Waals surface area (Å²) in [6, 6.07) is 0. The van der Waals surface area contributed by atoms with Crippen molar-refractivity contribution in [3.63, 3.8) is 0 Å². The quantitative estimate of drug-likeness (QED) is 0.459. The fourth-order valence-electron chi connectivity index (χ4n) is 0.846. The van der Waals surface area contributed by atoms with Gasteiger partial charge in [-0.1, -0.05) is 0 Å². The Labute approximate surface area is 55.7 Å². The van der Waals surface area contributed by atoms with E-state index in [0.29, 0.717) is 0 Å². The molecule has 0 spiro atoms. The topological polar surface area (TPSA) is 26.5 Å². The summed E-state index contributed by atoms with van der Waals surface area (Å²) in [5.41, 5.74) is 2.18. The summed E-state index contributed by atoms with van der Waals surface area (Å²) in [7, 11) is 0. The van der Waals surface area contributed by atoms with Gasteiger partial charge in [0.2, 0.25) is 0 Å². The van der Waals surface area contributed by atoms with Crippen molar-refractivity contribution in [3.8, 4) is 0 Å². The Morgan fingerprint density at radius 1 is 1.33 bits per heavy atom. The van der Waals surface area contributed by atoms with Crippen LogP contribution < -0.4 is 5.32 Å². The third kappa shape index (κ3) is 1.88. The van der Waals surface area contributed by atoms with Gasteiger partial charge in [-0.05, 0) is 19.9 Å². The number of aliphatic imine (C=N–C) groups is 1. The van der Waals surface area contributed by atoms with E-state index in [0.717, 1.165) is 24.5 Å². The Bertz CT molecular complexity index is 156. The first-order chi connectivity index (χ1) is 4.29. The molecule has 49 valence electrons. The summed E-state index contributed by atoms with van der Waals surface area (Å²) < 4.78 is 0. The van der Waals surface area contributed by atoms with Gasteiger partial charge < -0.3 is 0 Å². The summed E-state index contributed by atoms with van der Waals surface area (Å²) >= 11 is 0. The lowest BCUT2D eigenvalue weighted by molar-refractivity contribution is 0.794. The van der Waals surface area contributed by atoms with E-state index >= 15 is 0 Å². The monoisotopic (exact) mass is 123 g/mol. The first-order valence-electron chi connectivity index (χ1n) is 3.16. The average Bonchev–Trinajstić information content (AvgIpc) is 1.93. The Balaban J connectivity index is 2.67. The van der Waals surface area contributed by atoms with E-state index in [1.165, 1.54) is 0 Å². The number of allylic oxidation sites excluding steroid dienone is 2. The number of rotatable bonds is 0. The van der Waals surface area contributed by atoms with Gasteiger partial charge in [-0.25, -0.2) is 0 Å². The molecule has 0 amide bonds. The van der Waals surface area contributed by atoms with Crippen LogP contribution in [0.5, 0.6) is 0 Å². The van der Waals surface area contributed by atoms with Crippen LogP contribution in [-0.2, 0) is 0 Å². The van der Waals surface area contributed by atoms with Crippen LogP contribution in [0, 0.1) is 0 Å². The van der Waals surface area contributed by atoms with Gasteiger partial charge in [0.05, 0.1) is 13.1 Å². The minimum absolute atomic E-state index is 0.847. The van der Waals surface area contributed by atoms with Crippen molar-refractivity contribution in [2.75, 3.05) is 13.1 Å². The summed E-state index contributed by atoms with van der Waals surface area (Å²) in [6.45, 7) is 5.70. The number of hydrogen-bond donors (Lipinski definition) is 0. The third-order valence-electron chi connectivity index (χ3n) is 1.24. The van der Waals surface area contributed by atoms with E-state index in [1.807, 2.05) is 19.9 Å². The lowest BCUT2D eigenvalue weighted by Crippen LogP contribution is -2.04. The molecule has 1 rings (SSSR count). The van der Waals surface area contributed by atoms with Crippen LogP contribution in [0.3, 0.4) is 0 Å². The average molecular weight is 123 g/mol. The second-order valence-electron chi connectivity index (χ2n) is 2.19. The molecule has 0 unspecified atom stereocenters. The zero-order valence-corrected chi connectivity index (χ0v) is 5.89. The molecule has 1 radical (unpaired) electrons. The first-order valence-corrected chi connectivity index (χ1v) is 3.16. The van der Waals surface area contributed by atoms with Crippen molar-refractivity contribution in [1.29, 1.82) is 0 Å². The lowest BCUT2D eigenvalue weighted by atomic mass is 10.3. The Kier molecular flexibility index (Phi) is 1.88. The molecule has 1 aliphatic rings. The molecule has 0 atom stereocenters. The molecule has 0 saturated heterocycles. The fraction of sp³-hybridized carbons (Fsp3) is 0.571. The molecule has 2 heteroatoms. The van der Waals surface area contributed by atoms with Crippen molar-refractivity contribution in [2.45, 2.75) is 13.8 Å². The molecule has 1 heterocycles. The Morgan fingerprint density at radius 3 is 2.89 bits per heavy atom. The summed E-state index contributed by atoms with van der Waals surface area (Å²) in [6.07, 6.45) is 2.01. The van der Waals surface area contributed by atoms with Crippen molar-refractivity contribution in [1.82, 2.24) is 5.32 Å². The van der Waals surface area contributed by atoms with Crippen LogP contribution in [0.1, 0.15) is 13.8 Å². The van der Waals surface area contributed by atoms with Gasteiger partial charge in [0.15, 0.2) is 0 Å². The molecule has 2 nitrogen and oxygen atoms in total.